The molecular formula is C14H19NOS. The Labute approximate surface area is 107 Å². The second-order valence-corrected chi connectivity index (χ2v) is 6.11. The molecule has 3 heteroatoms. The number of hydrogen-bond donors (Lipinski definition) is 1. The molecule has 1 aromatic rings. The average Bonchev–Trinajstić information content (AvgIpc) is 2.74. The molecular weight excluding hydrogens is 230 g/mol. The average molecular weight is 249 g/mol. The van der Waals surface area contributed by atoms with E-state index in [4.69, 9.17) is 0 Å². The van der Waals surface area contributed by atoms with Crippen LogP contribution < -0.4 is 0 Å². The summed E-state index contributed by atoms with van der Waals surface area (Å²) in [5.41, 5.74) is -1.62. The fourth-order valence-corrected chi connectivity index (χ4v) is 3.72. The van der Waals surface area contributed by atoms with Crippen LogP contribution in [0, 0.1) is 16.7 Å². The molecule has 0 amide bonds. The SMILES string of the molecule is CC(O)(c1cccs1)C1(C#N)CCCCCC1. The summed E-state index contributed by atoms with van der Waals surface area (Å²) in [6.07, 6.45) is 6.10. The summed E-state index contributed by atoms with van der Waals surface area (Å²) in [6, 6.07) is 6.32. The zero-order chi connectivity index (χ0) is 12.4. The molecule has 2 rings (SSSR count). The first-order valence-electron chi connectivity index (χ1n) is 6.30. The van der Waals surface area contributed by atoms with Gasteiger partial charge in [-0.15, -0.1) is 11.3 Å². The highest BCUT2D eigenvalue weighted by atomic mass is 32.1. The van der Waals surface area contributed by atoms with Gasteiger partial charge in [0.15, 0.2) is 0 Å². The highest BCUT2D eigenvalue weighted by molar-refractivity contribution is 7.10. The second kappa shape index (κ2) is 4.80. The maximum absolute atomic E-state index is 10.9. The van der Waals surface area contributed by atoms with Crippen LogP contribution in [-0.2, 0) is 5.60 Å². The monoisotopic (exact) mass is 249 g/mol. The summed E-state index contributed by atoms with van der Waals surface area (Å²) in [4.78, 5) is 0.918. The van der Waals surface area contributed by atoms with Gasteiger partial charge in [0.25, 0.3) is 0 Å². The lowest BCUT2D eigenvalue weighted by molar-refractivity contribution is -0.0503. The largest absolute Gasteiger partial charge is 0.383 e. The van der Waals surface area contributed by atoms with Crippen LogP contribution in [0.15, 0.2) is 17.5 Å². The summed E-state index contributed by atoms with van der Waals surface area (Å²) in [6.45, 7) is 1.81. The number of nitrogens with zero attached hydrogens (tertiary/aromatic N) is 1. The standard InChI is InChI=1S/C14H19NOS/c1-13(16,12-7-6-10-17-12)14(11-15)8-4-2-3-5-9-14/h6-7,10,16H,2-5,8-9H2,1H3. The van der Waals surface area contributed by atoms with Crippen molar-refractivity contribution in [2.24, 2.45) is 5.41 Å². The minimum absolute atomic E-state index is 0.603. The summed E-state index contributed by atoms with van der Waals surface area (Å²) in [7, 11) is 0. The van der Waals surface area contributed by atoms with E-state index in [2.05, 4.69) is 6.07 Å². The van der Waals surface area contributed by atoms with Gasteiger partial charge < -0.3 is 5.11 Å². The third-order valence-corrected chi connectivity index (χ3v) is 5.18. The Kier molecular flexibility index (Phi) is 3.56. The van der Waals surface area contributed by atoms with E-state index >= 15 is 0 Å². The zero-order valence-corrected chi connectivity index (χ0v) is 11.1. The van der Waals surface area contributed by atoms with Crippen LogP contribution in [-0.4, -0.2) is 5.11 Å². The Morgan fingerprint density at radius 3 is 2.47 bits per heavy atom. The molecule has 0 aliphatic heterocycles. The molecule has 1 unspecified atom stereocenters. The van der Waals surface area contributed by atoms with E-state index in [1.54, 1.807) is 11.3 Å². The molecule has 1 aromatic heterocycles. The Bertz CT molecular complexity index is 394. The van der Waals surface area contributed by atoms with Crippen molar-refractivity contribution in [3.05, 3.63) is 22.4 Å². The van der Waals surface area contributed by atoms with E-state index < -0.39 is 11.0 Å². The predicted octanol–water partition coefficient (Wildman–Crippen LogP) is 3.82. The molecule has 0 spiro atoms. The van der Waals surface area contributed by atoms with Gasteiger partial charge in [-0.2, -0.15) is 5.26 Å². The van der Waals surface area contributed by atoms with Crippen molar-refractivity contribution in [3.63, 3.8) is 0 Å². The molecule has 0 saturated heterocycles. The highest BCUT2D eigenvalue weighted by Gasteiger charge is 2.49. The zero-order valence-electron chi connectivity index (χ0n) is 10.3. The third kappa shape index (κ3) is 2.12. The molecule has 17 heavy (non-hydrogen) atoms. The number of aliphatic hydroxyl groups is 1. The molecule has 1 aliphatic carbocycles. The Balaban J connectivity index is 2.37. The molecule has 2 nitrogen and oxygen atoms in total. The van der Waals surface area contributed by atoms with Crippen LogP contribution >= 0.6 is 11.3 Å². The fourth-order valence-electron chi connectivity index (χ4n) is 2.83. The Morgan fingerprint density at radius 2 is 2.00 bits per heavy atom. The molecule has 0 bridgehead atoms. The number of hydrogen-bond acceptors (Lipinski definition) is 3. The van der Waals surface area contributed by atoms with Crippen molar-refractivity contribution in [1.29, 1.82) is 5.26 Å². The first kappa shape index (κ1) is 12.6. The summed E-state index contributed by atoms with van der Waals surface area (Å²) < 4.78 is 0. The number of nitriles is 1. The summed E-state index contributed by atoms with van der Waals surface area (Å²) in [5, 5.41) is 22.4. The molecule has 1 fully saturated rings. The lowest BCUT2D eigenvalue weighted by Gasteiger charge is -2.39. The van der Waals surface area contributed by atoms with Crippen molar-refractivity contribution in [2.75, 3.05) is 0 Å². The Morgan fingerprint density at radius 1 is 1.35 bits per heavy atom. The van der Waals surface area contributed by atoms with Crippen LogP contribution in [0.5, 0.6) is 0 Å². The molecule has 1 heterocycles. The van der Waals surface area contributed by atoms with Crippen LogP contribution in [0.25, 0.3) is 0 Å². The van der Waals surface area contributed by atoms with Gasteiger partial charge in [-0.1, -0.05) is 31.7 Å². The first-order valence-corrected chi connectivity index (χ1v) is 7.18. The summed E-state index contributed by atoms with van der Waals surface area (Å²) >= 11 is 1.54. The maximum Gasteiger partial charge on any atom is 0.114 e. The lowest BCUT2D eigenvalue weighted by Crippen LogP contribution is -2.41. The van der Waals surface area contributed by atoms with E-state index in [0.717, 1.165) is 30.6 Å². The van der Waals surface area contributed by atoms with Gasteiger partial charge in [-0.25, -0.2) is 0 Å². The van der Waals surface area contributed by atoms with E-state index in [1.807, 2.05) is 24.4 Å². The van der Waals surface area contributed by atoms with E-state index in [1.165, 1.54) is 12.8 Å². The molecule has 92 valence electrons. The van der Waals surface area contributed by atoms with Gasteiger partial charge in [-0.05, 0) is 31.2 Å². The van der Waals surface area contributed by atoms with Gasteiger partial charge in [0.2, 0.25) is 0 Å². The van der Waals surface area contributed by atoms with Crippen molar-refractivity contribution in [2.45, 2.75) is 51.0 Å². The summed E-state index contributed by atoms with van der Waals surface area (Å²) in [5.74, 6) is 0. The molecule has 0 radical (unpaired) electrons. The number of rotatable bonds is 2. The van der Waals surface area contributed by atoms with E-state index in [0.29, 0.717) is 0 Å². The van der Waals surface area contributed by atoms with Gasteiger partial charge in [0.05, 0.1) is 11.5 Å². The predicted molar refractivity (Wildman–Crippen MR) is 69.6 cm³/mol. The van der Waals surface area contributed by atoms with Crippen molar-refractivity contribution >= 4 is 11.3 Å². The van der Waals surface area contributed by atoms with E-state index in [9.17, 15) is 10.4 Å². The van der Waals surface area contributed by atoms with Gasteiger partial charge in [-0.3, -0.25) is 0 Å². The quantitative estimate of drug-likeness (QED) is 0.810. The van der Waals surface area contributed by atoms with Gasteiger partial charge in [0.1, 0.15) is 5.60 Å². The fraction of sp³-hybridized carbons (Fsp3) is 0.643. The molecule has 0 aromatic carbocycles. The minimum atomic E-state index is -1.01. The van der Waals surface area contributed by atoms with Crippen LogP contribution in [0.2, 0.25) is 0 Å². The van der Waals surface area contributed by atoms with Crippen LogP contribution in [0.3, 0.4) is 0 Å². The second-order valence-electron chi connectivity index (χ2n) is 5.16. The van der Waals surface area contributed by atoms with Crippen molar-refractivity contribution in [1.82, 2.24) is 0 Å². The highest BCUT2D eigenvalue weighted by Crippen LogP contribution is 2.49. The molecule has 1 aliphatic rings. The maximum atomic E-state index is 10.9. The minimum Gasteiger partial charge on any atom is -0.383 e. The molecule has 1 N–H and O–H groups in total. The van der Waals surface area contributed by atoms with Crippen LogP contribution in [0.4, 0.5) is 0 Å². The topological polar surface area (TPSA) is 44.0 Å². The normalized spacial score (nSPS) is 23.4. The lowest BCUT2D eigenvalue weighted by atomic mass is 9.68. The van der Waals surface area contributed by atoms with Crippen LogP contribution in [0.1, 0.15) is 50.3 Å². The van der Waals surface area contributed by atoms with Gasteiger partial charge >= 0.3 is 0 Å². The third-order valence-electron chi connectivity index (χ3n) is 4.10. The number of thiophene rings is 1. The smallest absolute Gasteiger partial charge is 0.114 e. The van der Waals surface area contributed by atoms with Crippen molar-refractivity contribution in [3.8, 4) is 6.07 Å². The Hall–Kier alpha value is -0.850. The van der Waals surface area contributed by atoms with Crippen molar-refractivity contribution < 1.29 is 5.11 Å². The molecule has 1 saturated carbocycles. The van der Waals surface area contributed by atoms with E-state index in [-0.39, 0.29) is 0 Å². The van der Waals surface area contributed by atoms with Gasteiger partial charge in [0, 0.05) is 4.88 Å². The first-order chi connectivity index (χ1) is 8.12. The molecule has 1 atom stereocenters.